The zero-order valence-corrected chi connectivity index (χ0v) is 13.8. The average Bonchev–Trinajstić information content (AvgIpc) is 2.62. The summed E-state index contributed by atoms with van der Waals surface area (Å²) in [4.78, 5) is 24.6. The Labute approximate surface area is 142 Å². The molecule has 0 fully saturated rings. The van der Waals surface area contributed by atoms with E-state index in [4.69, 9.17) is 0 Å². The first kappa shape index (κ1) is 16.2. The van der Waals surface area contributed by atoms with E-state index in [1.54, 1.807) is 31.2 Å². The van der Waals surface area contributed by atoms with Crippen LogP contribution < -0.4 is 10.6 Å². The second kappa shape index (κ2) is 7.30. The molecule has 2 N–H and O–H groups in total. The second-order valence-electron chi connectivity index (χ2n) is 6.21. The van der Waals surface area contributed by atoms with E-state index in [9.17, 15) is 9.59 Å². The maximum absolute atomic E-state index is 12.5. The van der Waals surface area contributed by atoms with Crippen LogP contribution in [0.3, 0.4) is 0 Å². The van der Waals surface area contributed by atoms with Gasteiger partial charge in [-0.25, -0.2) is 0 Å². The van der Waals surface area contributed by atoms with Crippen molar-refractivity contribution in [3.63, 3.8) is 0 Å². The summed E-state index contributed by atoms with van der Waals surface area (Å²) in [6.45, 7) is 1.71. The number of nitrogens with one attached hydrogen (secondary N) is 2. The quantitative estimate of drug-likeness (QED) is 0.909. The number of hydrogen-bond donors (Lipinski definition) is 2. The molecule has 4 heteroatoms. The van der Waals surface area contributed by atoms with Gasteiger partial charge in [0.1, 0.15) is 6.04 Å². The molecule has 4 nitrogen and oxygen atoms in total. The first-order valence-electron chi connectivity index (χ1n) is 8.39. The van der Waals surface area contributed by atoms with Crippen molar-refractivity contribution in [1.29, 1.82) is 0 Å². The molecule has 2 aromatic rings. The Morgan fingerprint density at radius 2 is 1.75 bits per heavy atom. The van der Waals surface area contributed by atoms with Crippen LogP contribution in [0.4, 0.5) is 0 Å². The standard InChI is InChI=1S/C20H22N2O2/c1-14(21-20(24)16-9-3-2-4-10-16)19(23)22-18-13-7-11-15-8-5-6-12-17(15)18/h2-6,8-10,12,14,18H,7,11,13H2,1H3,(H,21,24)(H,22,23)/t14-,18-/m0/s1. The van der Waals surface area contributed by atoms with Crippen molar-refractivity contribution < 1.29 is 9.59 Å². The van der Waals surface area contributed by atoms with Gasteiger partial charge >= 0.3 is 0 Å². The number of amides is 2. The van der Waals surface area contributed by atoms with Crippen molar-refractivity contribution in [3.8, 4) is 0 Å². The third kappa shape index (κ3) is 3.65. The second-order valence-corrected chi connectivity index (χ2v) is 6.21. The first-order valence-corrected chi connectivity index (χ1v) is 8.39. The predicted molar refractivity (Wildman–Crippen MR) is 93.6 cm³/mol. The first-order chi connectivity index (χ1) is 11.6. The lowest BCUT2D eigenvalue weighted by Gasteiger charge is -2.27. The van der Waals surface area contributed by atoms with Crippen molar-refractivity contribution in [2.75, 3.05) is 0 Å². The summed E-state index contributed by atoms with van der Waals surface area (Å²) >= 11 is 0. The van der Waals surface area contributed by atoms with Crippen LogP contribution >= 0.6 is 0 Å². The van der Waals surface area contributed by atoms with Gasteiger partial charge in [0.05, 0.1) is 6.04 Å². The molecule has 124 valence electrons. The van der Waals surface area contributed by atoms with Gasteiger partial charge in [0.25, 0.3) is 5.91 Å². The van der Waals surface area contributed by atoms with Crippen molar-refractivity contribution in [3.05, 3.63) is 71.3 Å². The van der Waals surface area contributed by atoms with Gasteiger partial charge in [-0.05, 0) is 49.4 Å². The lowest BCUT2D eigenvalue weighted by Crippen LogP contribution is -2.46. The third-order valence-electron chi connectivity index (χ3n) is 4.46. The number of rotatable bonds is 4. The topological polar surface area (TPSA) is 58.2 Å². The van der Waals surface area contributed by atoms with Gasteiger partial charge in [-0.3, -0.25) is 9.59 Å². The van der Waals surface area contributed by atoms with E-state index in [0.29, 0.717) is 5.56 Å². The van der Waals surface area contributed by atoms with Crippen LogP contribution in [0, 0.1) is 0 Å². The maximum atomic E-state index is 12.5. The molecular weight excluding hydrogens is 300 g/mol. The summed E-state index contributed by atoms with van der Waals surface area (Å²) < 4.78 is 0. The highest BCUT2D eigenvalue weighted by Gasteiger charge is 2.24. The van der Waals surface area contributed by atoms with E-state index in [2.05, 4.69) is 22.8 Å². The third-order valence-corrected chi connectivity index (χ3v) is 4.46. The van der Waals surface area contributed by atoms with E-state index >= 15 is 0 Å². The van der Waals surface area contributed by atoms with Crippen LogP contribution in [0.2, 0.25) is 0 Å². The molecule has 2 aromatic carbocycles. The molecule has 0 aromatic heterocycles. The SMILES string of the molecule is C[C@H](NC(=O)c1ccccc1)C(=O)N[C@H]1CCCc2ccccc21. The molecule has 0 unspecified atom stereocenters. The molecule has 0 spiro atoms. The van der Waals surface area contributed by atoms with E-state index in [1.807, 2.05) is 18.2 Å². The number of benzene rings is 2. The van der Waals surface area contributed by atoms with Crippen molar-refractivity contribution in [1.82, 2.24) is 10.6 Å². The molecular formula is C20H22N2O2. The Morgan fingerprint density at radius 1 is 1.04 bits per heavy atom. The highest BCUT2D eigenvalue weighted by molar-refractivity contribution is 5.97. The van der Waals surface area contributed by atoms with Crippen LogP contribution in [0.25, 0.3) is 0 Å². The minimum atomic E-state index is -0.577. The molecule has 0 heterocycles. The normalized spacial score (nSPS) is 17.5. The van der Waals surface area contributed by atoms with Crippen molar-refractivity contribution in [2.24, 2.45) is 0 Å². The zero-order valence-electron chi connectivity index (χ0n) is 13.8. The van der Waals surface area contributed by atoms with Crippen molar-refractivity contribution >= 4 is 11.8 Å². The van der Waals surface area contributed by atoms with Crippen LogP contribution in [-0.4, -0.2) is 17.9 Å². The number of hydrogen-bond acceptors (Lipinski definition) is 2. The molecule has 0 saturated heterocycles. The van der Waals surface area contributed by atoms with Gasteiger partial charge in [-0.15, -0.1) is 0 Å². The van der Waals surface area contributed by atoms with Crippen molar-refractivity contribution in [2.45, 2.75) is 38.3 Å². The Morgan fingerprint density at radius 3 is 2.54 bits per heavy atom. The summed E-state index contributed by atoms with van der Waals surface area (Å²) in [7, 11) is 0. The minimum absolute atomic E-state index is 0.0264. The Bertz CT molecular complexity index is 727. The number of carbonyl (C=O) groups excluding carboxylic acids is 2. The molecule has 0 bridgehead atoms. The summed E-state index contributed by atoms with van der Waals surface area (Å²) in [6.07, 6.45) is 3.05. The molecule has 0 aliphatic heterocycles. The van der Waals surface area contributed by atoms with Gasteiger partial charge in [0.15, 0.2) is 0 Å². The highest BCUT2D eigenvalue weighted by Crippen LogP contribution is 2.29. The van der Waals surface area contributed by atoms with Crippen LogP contribution in [0.5, 0.6) is 0 Å². The number of fused-ring (bicyclic) bond motifs is 1. The van der Waals surface area contributed by atoms with Crippen LogP contribution in [-0.2, 0) is 11.2 Å². The summed E-state index contributed by atoms with van der Waals surface area (Å²) in [5, 5.41) is 5.84. The molecule has 0 saturated carbocycles. The minimum Gasteiger partial charge on any atom is -0.348 e. The number of carbonyl (C=O) groups is 2. The fourth-order valence-corrected chi connectivity index (χ4v) is 3.14. The van der Waals surface area contributed by atoms with Crippen LogP contribution in [0.1, 0.15) is 47.3 Å². The van der Waals surface area contributed by atoms with Gasteiger partial charge in [-0.2, -0.15) is 0 Å². The number of aryl methyl sites for hydroxylation is 1. The molecule has 2 amide bonds. The molecule has 24 heavy (non-hydrogen) atoms. The van der Waals surface area contributed by atoms with Gasteiger partial charge in [-0.1, -0.05) is 42.5 Å². The zero-order chi connectivity index (χ0) is 16.9. The fraction of sp³-hybridized carbons (Fsp3) is 0.300. The monoisotopic (exact) mass is 322 g/mol. The van der Waals surface area contributed by atoms with Gasteiger partial charge < -0.3 is 10.6 Å². The smallest absolute Gasteiger partial charge is 0.251 e. The molecule has 2 atom stereocenters. The summed E-state index contributed by atoms with van der Waals surface area (Å²) in [5.41, 5.74) is 3.05. The molecule has 3 rings (SSSR count). The van der Waals surface area contributed by atoms with E-state index in [1.165, 1.54) is 11.1 Å². The van der Waals surface area contributed by atoms with Crippen LogP contribution in [0.15, 0.2) is 54.6 Å². The summed E-state index contributed by atoms with van der Waals surface area (Å²) in [6, 6.07) is 16.6. The molecule has 1 aliphatic carbocycles. The molecule has 1 aliphatic rings. The van der Waals surface area contributed by atoms with Gasteiger partial charge in [0, 0.05) is 5.56 Å². The van der Waals surface area contributed by atoms with E-state index < -0.39 is 6.04 Å². The highest BCUT2D eigenvalue weighted by atomic mass is 16.2. The van der Waals surface area contributed by atoms with E-state index in [0.717, 1.165) is 19.3 Å². The lowest BCUT2D eigenvalue weighted by molar-refractivity contribution is -0.123. The maximum Gasteiger partial charge on any atom is 0.251 e. The Hall–Kier alpha value is -2.62. The fourth-order valence-electron chi connectivity index (χ4n) is 3.14. The Balaban J connectivity index is 1.62. The van der Waals surface area contributed by atoms with Gasteiger partial charge in [0.2, 0.25) is 5.91 Å². The Kier molecular flexibility index (Phi) is 4.94. The lowest BCUT2D eigenvalue weighted by atomic mass is 9.87. The predicted octanol–water partition coefficient (Wildman–Crippen LogP) is 3.00. The average molecular weight is 322 g/mol. The summed E-state index contributed by atoms with van der Waals surface area (Å²) in [5.74, 6) is -0.386. The largest absolute Gasteiger partial charge is 0.348 e. The molecule has 0 radical (unpaired) electrons. The van der Waals surface area contributed by atoms with E-state index in [-0.39, 0.29) is 17.9 Å².